The monoisotopic (exact) mass is 424 g/mol. The zero-order chi connectivity index (χ0) is 21.7. The van der Waals surface area contributed by atoms with Gasteiger partial charge in [0.05, 0.1) is 31.0 Å². The van der Waals surface area contributed by atoms with Crippen molar-refractivity contribution < 1.29 is 15.3 Å². The van der Waals surface area contributed by atoms with Gasteiger partial charge in [-0.05, 0) is 58.8 Å². The molecule has 2 unspecified atom stereocenters. The highest BCUT2D eigenvalue weighted by Crippen LogP contribution is 2.12. The molecular formula is C21H36N4O5. The van der Waals surface area contributed by atoms with Gasteiger partial charge in [-0.25, -0.2) is 4.79 Å². The molecule has 3 heterocycles. The molecule has 0 saturated carbocycles. The number of aromatic nitrogens is 2. The molecule has 0 bridgehead atoms. The first-order valence-corrected chi connectivity index (χ1v) is 11.2. The Kier molecular flexibility index (Phi) is 8.10. The number of rotatable bonds is 8. The van der Waals surface area contributed by atoms with Crippen LogP contribution >= 0.6 is 0 Å². The quantitative estimate of drug-likeness (QED) is 0.526. The Morgan fingerprint density at radius 1 is 0.733 bits per heavy atom. The first kappa shape index (κ1) is 23.0. The summed E-state index contributed by atoms with van der Waals surface area (Å²) in [4.78, 5) is 29.8. The predicted octanol–water partition coefficient (Wildman–Crippen LogP) is -0.282. The highest BCUT2D eigenvalue weighted by atomic mass is 16.3. The molecule has 3 rings (SSSR count). The second kappa shape index (κ2) is 10.6. The summed E-state index contributed by atoms with van der Waals surface area (Å²) in [6.07, 6.45) is 5.08. The van der Waals surface area contributed by atoms with Crippen LogP contribution in [0.4, 0.5) is 0 Å². The van der Waals surface area contributed by atoms with Crippen molar-refractivity contribution in [1.82, 2.24) is 18.9 Å². The lowest BCUT2D eigenvalue weighted by Crippen LogP contribution is -2.47. The molecule has 170 valence electrons. The number of nitrogens with zero attached hydrogens (tertiary/aromatic N) is 4. The molecule has 9 nitrogen and oxygen atoms in total. The molecule has 9 heteroatoms. The van der Waals surface area contributed by atoms with Crippen LogP contribution in [0, 0.1) is 6.92 Å². The Morgan fingerprint density at radius 2 is 1.17 bits per heavy atom. The molecule has 0 aromatic carbocycles. The van der Waals surface area contributed by atoms with Crippen molar-refractivity contribution in [3.05, 3.63) is 26.5 Å². The second-order valence-electron chi connectivity index (χ2n) is 8.77. The number of hydrogen-bond acceptors (Lipinski definition) is 7. The van der Waals surface area contributed by atoms with E-state index in [9.17, 15) is 24.9 Å². The van der Waals surface area contributed by atoms with E-state index in [-0.39, 0.29) is 18.8 Å². The summed E-state index contributed by atoms with van der Waals surface area (Å²) < 4.78 is 2.14. The minimum atomic E-state index is -0.887. The van der Waals surface area contributed by atoms with Gasteiger partial charge in [0.25, 0.3) is 5.56 Å². The Morgan fingerprint density at radius 3 is 1.63 bits per heavy atom. The van der Waals surface area contributed by atoms with Gasteiger partial charge in [-0.2, -0.15) is 0 Å². The van der Waals surface area contributed by atoms with E-state index in [0.717, 1.165) is 56.4 Å². The van der Waals surface area contributed by atoms with Crippen molar-refractivity contribution in [3.8, 4) is 5.75 Å². The second-order valence-corrected chi connectivity index (χ2v) is 8.77. The first-order valence-electron chi connectivity index (χ1n) is 11.2. The zero-order valence-corrected chi connectivity index (χ0v) is 18.0. The molecule has 2 saturated heterocycles. The fourth-order valence-corrected chi connectivity index (χ4v) is 4.58. The SMILES string of the molecule is Cc1c(O)c(=O)n(CC(O)CN2CCCCC2)c(=O)n1CC(O)CN1CCCCC1. The third kappa shape index (κ3) is 5.72. The third-order valence-electron chi connectivity index (χ3n) is 6.28. The van der Waals surface area contributed by atoms with Crippen molar-refractivity contribution in [3.63, 3.8) is 0 Å². The van der Waals surface area contributed by atoms with Crippen molar-refractivity contribution in [2.75, 3.05) is 39.3 Å². The number of aromatic hydroxyl groups is 1. The molecule has 0 amide bonds. The smallest absolute Gasteiger partial charge is 0.331 e. The van der Waals surface area contributed by atoms with E-state index in [4.69, 9.17) is 0 Å². The van der Waals surface area contributed by atoms with Crippen LogP contribution < -0.4 is 11.2 Å². The average Bonchev–Trinajstić information content (AvgIpc) is 2.74. The number of aliphatic hydroxyl groups is 2. The number of β-amino-alcohol motifs (C(OH)–C–C–N with tert-alkyl or cyclic N) is 2. The summed E-state index contributed by atoms with van der Waals surface area (Å²) in [5.74, 6) is -0.509. The van der Waals surface area contributed by atoms with Gasteiger partial charge in [-0.3, -0.25) is 13.9 Å². The van der Waals surface area contributed by atoms with E-state index < -0.39 is 29.2 Å². The van der Waals surface area contributed by atoms with Crippen LogP contribution in [-0.2, 0) is 13.1 Å². The average molecular weight is 425 g/mol. The molecule has 0 spiro atoms. The lowest BCUT2D eigenvalue weighted by molar-refractivity contribution is 0.0805. The lowest BCUT2D eigenvalue weighted by Gasteiger charge is -2.29. The van der Waals surface area contributed by atoms with Crippen LogP contribution in [0.3, 0.4) is 0 Å². The number of hydrogen-bond donors (Lipinski definition) is 3. The topological polar surface area (TPSA) is 111 Å². The summed E-state index contributed by atoms with van der Waals surface area (Å²) in [7, 11) is 0. The summed E-state index contributed by atoms with van der Waals surface area (Å²) in [5.41, 5.74) is -1.26. The molecule has 1 aromatic heterocycles. The number of likely N-dealkylation sites (tertiary alicyclic amines) is 2. The Hall–Kier alpha value is -1.68. The van der Waals surface area contributed by atoms with Gasteiger partial charge in [0.1, 0.15) is 0 Å². The van der Waals surface area contributed by atoms with E-state index >= 15 is 0 Å². The first-order chi connectivity index (χ1) is 14.4. The van der Waals surface area contributed by atoms with Gasteiger partial charge < -0.3 is 25.1 Å². The molecule has 2 atom stereocenters. The molecule has 2 fully saturated rings. The molecule has 1 aromatic rings. The summed E-state index contributed by atoms with van der Waals surface area (Å²) in [6.45, 7) is 5.82. The minimum absolute atomic E-state index is 0.00275. The van der Waals surface area contributed by atoms with E-state index in [2.05, 4.69) is 9.80 Å². The predicted molar refractivity (Wildman–Crippen MR) is 114 cm³/mol. The highest BCUT2D eigenvalue weighted by molar-refractivity contribution is 5.22. The Balaban J connectivity index is 1.72. The Labute approximate surface area is 177 Å². The standard InChI is InChI=1S/C21H36N4O5/c1-16-19(28)20(29)25(15-18(27)13-23-10-6-3-7-11-23)21(30)24(16)14-17(26)12-22-8-4-2-5-9-22/h17-18,26-28H,2-15H2,1H3. The van der Waals surface area contributed by atoms with Crippen molar-refractivity contribution >= 4 is 0 Å². The van der Waals surface area contributed by atoms with Crippen molar-refractivity contribution in [1.29, 1.82) is 0 Å². The van der Waals surface area contributed by atoms with E-state index in [0.29, 0.717) is 13.1 Å². The largest absolute Gasteiger partial charge is 0.502 e. The number of aliphatic hydroxyl groups excluding tert-OH is 2. The van der Waals surface area contributed by atoms with Gasteiger partial charge in [0.15, 0.2) is 0 Å². The van der Waals surface area contributed by atoms with Crippen LogP contribution in [0.25, 0.3) is 0 Å². The third-order valence-corrected chi connectivity index (χ3v) is 6.28. The molecule has 30 heavy (non-hydrogen) atoms. The van der Waals surface area contributed by atoms with Crippen LogP contribution in [-0.4, -0.2) is 85.7 Å². The van der Waals surface area contributed by atoms with Gasteiger partial charge in [-0.15, -0.1) is 0 Å². The summed E-state index contributed by atoms with van der Waals surface area (Å²) in [6, 6.07) is 0. The van der Waals surface area contributed by atoms with Gasteiger partial charge >= 0.3 is 5.69 Å². The number of piperidine rings is 2. The molecule has 2 aliphatic rings. The minimum Gasteiger partial charge on any atom is -0.502 e. The van der Waals surface area contributed by atoms with Gasteiger partial charge in [0, 0.05) is 13.1 Å². The van der Waals surface area contributed by atoms with Crippen LogP contribution in [0.15, 0.2) is 9.59 Å². The molecular weight excluding hydrogens is 388 g/mol. The highest BCUT2D eigenvalue weighted by Gasteiger charge is 2.22. The molecule has 0 radical (unpaired) electrons. The van der Waals surface area contributed by atoms with Crippen molar-refractivity contribution in [2.45, 2.75) is 70.7 Å². The molecule has 2 aliphatic heterocycles. The molecule has 3 N–H and O–H groups in total. The van der Waals surface area contributed by atoms with Gasteiger partial charge in [-0.1, -0.05) is 12.8 Å². The summed E-state index contributed by atoms with van der Waals surface area (Å²) in [5, 5.41) is 31.3. The van der Waals surface area contributed by atoms with E-state index in [1.54, 1.807) is 0 Å². The maximum Gasteiger partial charge on any atom is 0.331 e. The van der Waals surface area contributed by atoms with Crippen molar-refractivity contribution in [2.24, 2.45) is 0 Å². The Bertz CT molecular complexity index is 809. The van der Waals surface area contributed by atoms with Crippen LogP contribution in [0.5, 0.6) is 5.75 Å². The van der Waals surface area contributed by atoms with Crippen LogP contribution in [0.2, 0.25) is 0 Å². The van der Waals surface area contributed by atoms with E-state index in [1.807, 2.05) is 0 Å². The van der Waals surface area contributed by atoms with Crippen LogP contribution in [0.1, 0.15) is 44.2 Å². The lowest BCUT2D eigenvalue weighted by atomic mass is 10.1. The molecule has 0 aliphatic carbocycles. The van der Waals surface area contributed by atoms with E-state index in [1.165, 1.54) is 24.3 Å². The maximum absolute atomic E-state index is 13.0. The zero-order valence-electron chi connectivity index (χ0n) is 18.0. The maximum atomic E-state index is 13.0. The van der Waals surface area contributed by atoms with Gasteiger partial charge in [0.2, 0.25) is 5.75 Å². The fourth-order valence-electron chi connectivity index (χ4n) is 4.58. The normalized spacial score (nSPS) is 20.9. The fraction of sp³-hybridized carbons (Fsp3) is 0.810. The summed E-state index contributed by atoms with van der Waals surface area (Å²) >= 11 is 0.